The van der Waals surface area contributed by atoms with Crippen LogP contribution in [0.4, 0.5) is 0 Å². The summed E-state index contributed by atoms with van der Waals surface area (Å²) in [5.41, 5.74) is 12.3. The summed E-state index contributed by atoms with van der Waals surface area (Å²) in [5.74, 6) is 0.785. The maximum absolute atomic E-state index is 5.77. The van der Waals surface area contributed by atoms with Crippen LogP contribution in [0.2, 0.25) is 0 Å². The van der Waals surface area contributed by atoms with Crippen LogP contribution >= 0.6 is 0 Å². The minimum absolute atomic E-state index is 0.241. The van der Waals surface area contributed by atoms with E-state index in [0.717, 1.165) is 11.6 Å². The molecule has 4 N–H and O–H groups in total. The van der Waals surface area contributed by atoms with E-state index in [4.69, 9.17) is 11.5 Å². The fourth-order valence-electron chi connectivity index (χ4n) is 1.77. The molecule has 1 saturated carbocycles. The molecule has 1 aliphatic carbocycles. The number of allylic oxidation sites excluding steroid dienone is 1. The smallest absolute Gasteiger partial charge is 0.0301 e. The monoisotopic (exact) mass is 154 g/mol. The zero-order valence-electron chi connectivity index (χ0n) is 7.43. The van der Waals surface area contributed by atoms with Gasteiger partial charge in [-0.25, -0.2) is 0 Å². The van der Waals surface area contributed by atoms with Gasteiger partial charge in [0.2, 0.25) is 0 Å². The van der Waals surface area contributed by atoms with Gasteiger partial charge < -0.3 is 11.5 Å². The highest BCUT2D eigenvalue weighted by atomic mass is 14.7. The van der Waals surface area contributed by atoms with E-state index in [1.807, 2.05) is 0 Å². The molecule has 64 valence electrons. The zero-order chi connectivity index (χ0) is 8.48. The lowest BCUT2D eigenvalue weighted by Gasteiger charge is -2.10. The normalized spacial score (nSPS) is 37.3. The van der Waals surface area contributed by atoms with E-state index in [1.54, 1.807) is 6.20 Å². The minimum atomic E-state index is 0.241. The van der Waals surface area contributed by atoms with Crippen LogP contribution in [0.15, 0.2) is 11.9 Å². The van der Waals surface area contributed by atoms with E-state index in [9.17, 15) is 0 Å². The number of nitrogens with two attached hydrogens (primary N) is 2. The summed E-state index contributed by atoms with van der Waals surface area (Å²) in [6.45, 7) is 4.41. The van der Waals surface area contributed by atoms with Gasteiger partial charge in [0.05, 0.1) is 0 Å². The van der Waals surface area contributed by atoms with Gasteiger partial charge >= 0.3 is 0 Å². The molecule has 0 aromatic rings. The quantitative estimate of drug-likeness (QED) is 0.648. The second-order valence-electron chi connectivity index (χ2n) is 3.73. The molecule has 2 nitrogen and oxygen atoms in total. The second kappa shape index (κ2) is 2.76. The Morgan fingerprint density at radius 3 is 2.82 bits per heavy atom. The van der Waals surface area contributed by atoms with Gasteiger partial charge in [0.15, 0.2) is 0 Å². The van der Waals surface area contributed by atoms with Crippen LogP contribution in [0.3, 0.4) is 0 Å². The average Bonchev–Trinajstić information content (AvgIpc) is 2.63. The predicted molar refractivity (Wildman–Crippen MR) is 47.6 cm³/mol. The number of rotatable bonds is 3. The second-order valence-corrected chi connectivity index (χ2v) is 3.73. The third-order valence-corrected chi connectivity index (χ3v) is 2.89. The summed E-state index contributed by atoms with van der Waals surface area (Å²) in [6.07, 6.45) is 5.30. The van der Waals surface area contributed by atoms with Crippen molar-refractivity contribution in [3.63, 3.8) is 0 Å². The predicted octanol–water partition coefficient (Wildman–Crippen LogP) is 1.57. The highest BCUT2D eigenvalue weighted by Crippen LogP contribution is 2.57. The van der Waals surface area contributed by atoms with Crippen molar-refractivity contribution in [2.24, 2.45) is 22.8 Å². The Morgan fingerprint density at radius 2 is 2.36 bits per heavy atom. The van der Waals surface area contributed by atoms with E-state index in [-0.39, 0.29) is 5.41 Å². The maximum atomic E-state index is 5.77. The average molecular weight is 154 g/mol. The largest absolute Gasteiger partial charge is 0.403 e. The van der Waals surface area contributed by atoms with Crippen molar-refractivity contribution in [2.45, 2.75) is 33.1 Å². The molecule has 0 bridgehead atoms. The topological polar surface area (TPSA) is 52.0 Å². The molecule has 11 heavy (non-hydrogen) atoms. The van der Waals surface area contributed by atoms with Crippen molar-refractivity contribution >= 4 is 0 Å². The summed E-state index contributed by atoms with van der Waals surface area (Å²) < 4.78 is 0. The van der Waals surface area contributed by atoms with E-state index in [0.29, 0.717) is 0 Å². The highest BCUT2D eigenvalue weighted by molar-refractivity contribution is 5.19. The Bertz CT molecular complexity index is 174. The molecule has 0 heterocycles. The van der Waals surface area contributed by atoms with Crippen LogP contribution in [0.5, 0.6) is 0 Å². The van der Waals surface area contributed by atoms with Crippen LogP contribution < -0.4 is 11.5 Å². The lowest BCUT2D eigenvalue weighted by molar-refractivity contribution is 0.546. The van der Waals surface area contributed by atoms with Gasteiger partial charge in [-0.3, -0.25) is 0 Å². The summed E-state index contributed by atoms with van der Waals surface area (Å²) in [6, 6.07) is 0. The molecule has 0 spiro atoms. The minimum Gasteiger partial charge on any atom is -0.403 e. The molecule has 0 amide bonds. The summed E-state index contributed by atoms with van der Waals surface area (Å²) in [4.78, 5) is 0. The summed E-state index contributed by atoms with van der Waals surface area (Å²) in [5, 5.41) is 0. The van der Waals surface area contributed by atoms with E-state index in [2.05, 4.69) is 13.8 Å². The lowest BCUT2D eigenvalue weighted by Crippen LogP contribution is -2.13. The molecule has 0 aromatic carbocycles. The molecular weight excluding hydrogens is 136 g/mol. The fourth-order valence-corrected chi connectivity index (χ4v) is 1.77. The van der Waals surface area contributed by atoms with E-state index >= 15 is 0 Å². The van der Waals surface area contributed by atoms with Crippen molar-refractivity contribution in [3.05, 3.63) is 11.9 Å². The van der Waals surface area contributed by atoms with Gasteiger partial charge in [0, 0.05) is 17.3 Å². The Balaban J connectivity index is 2.48. The van der Waals surface area contributed by atoms with E-state index in [1.165, 1.54) is 19.3 Å². The van der Waals surface area contributed by atoms with Gasteiger partial charge in [0.1, 0.15) is 0 Å². The third kappa shape index (κ3) is 1.35. The zero-order valence-corrected chi connectivity index (χ0v) is 7.43. The van der Waals surface area contributed by atoms with Gasteiger partial charge in [0.25, 0.3) is 0 Å². The Morgan fingerprint density at radius 1 is 1.73 bits per heavy atom. The first-order valence-electron chi connectivity index (χ1n) is 4.33. The third-order valence-electron chi connectivity index (χ3n) is 2.89. The Hall–Kier alpha value is -0.660. The molecule has 1 rings (SSSR count). The van der Waals surface area contributed by atoms with Crippen molar-refractivity contribution in [1.29, 1.82) is 0 Å². The SMILES string of the molecule is CCCC1C[C@@]1(C)/C(N)=C/N. The highest BCUT2D eigenvalue weighted by Gasteiger charge is 2.50. The lowest BCUT2D eigenvalue weighted by atomic mass is 10.0. The molecule has 1 aliphatic rings. The van der Waals surface area contributed by atoms with Crippen molar-refractivity contribution in [1.82, 2.24) is 0 Å². The molecule has 2 heteroatoms. The van der Waals surface area contributed by atoms with Crippen LogP contribution in [0, 0.1) is 11.3 Å². The molecule has 0 aromatic heterocycles. The molecule has 2 atom stereocenters. The standard InChI is InChI=1S/C9H18N2/c1-3-4-7-5-9(7,2)8(11)6-10/h6-7H,3-5,10-11H2,1-2H3/b8-6-/t7?,9-/m1/s1. The van der Waals surface area contributed by atoms with Gasteiger partial charge in [-0.1, -0.05) is 20.3 Å². The molecular formula is C9H18N2. The molecule has 0 radical (unpaired) electrons. The number of hydrogen-bond acceptors (Lipinski definition) is 2. The molecule has 0 saturated heterocycles. The Kier molecular flexibility index (Phi) is 2.12. The molecule has 0 aliphatic heterocycles. The molecule has 1 fully saturated rings. The van der Waals surface area contributed by atoms with Crippen molar-refractivity contribution in [2.75, 3.05) is 0 Å². The number of hydrogen-bond donors (Lipinski definition) is 2. The molecule has 1 unspecified atom stereocenters. The van der Waals surface area contributed by atoms with Crippen LogP contribution in [-0.4, -0.2) is 0 Å². The maximum Gasteiger partial charge on any atom is 0.0301 e. The summed E-state index contributed by atoms with van der Waals surface area (Å²) >= 11 is 0. The van der Waals surface area contributed by atoms with Gasteiger partial charge in [-0.15, -0.1) is 0 Å². The van der Waals surface area contributed by atoms with Gasteiger partial charge in [-0.05, 0) is 18.8 Å². The van der Waals surface area contributed by atoms with Crippen molar-refractivity contribution < 1.29 is 0 Å². The van der Waals surface area contributed by atoms with Gasteiger partial charge in [-0.2, -0.15) is 0 Å². The first-order chi connectivity index (χ1) is 5.15. The van der Waals surface area contributed by atoms with Crippen LogP contribution in [-0.2, 0) is 0 Å². The summed E-state index contributed by atoms with van der Waals surface area (Å²) in [7, 11) is 0. The first-order valence-corrected chi connectivity index (χ1v) is 4.33. The van der Waals surface area contributed by atoms with Crippen LogP contribution in [0.25, 0.3) is 0 Å². The van der Waals surface area contributed by atoms with Crippen molar-refractivity contribution in [3.8, 4) is 0 Å². The Labute approximate surface area is 68.6 Å². The first kappa shape index (κ1) is 8.44. The van der Waals surface area contributed by atoms with E-state index < -0.39 is 0 Å². The fraction of sp³-hybridized carbons (Fsp3) is 0.778. The van der Waals surface area contributed by atoms with Crippen LogP contribution in [0.1, 0.15) is 33.1 Å².